The van der Waals surface area contributed by atoms with E-state index in [0.717, 1.165) is 0 Å². The molecule has 0 heterocycles. The van der Waals surface area contributed by atoms with E-state index >= 15 is 0 Å². The van der Waals surface area contributed by atoms with Crippen LogP contribution in [0.3, 0.4) is 0 Å². The lowest BCUT2D eigenvalue weighted by atomic mass is 10.0. The number of hydrogen-bond acceptors (Lipinski definition) is 0. The van der Waals surface area contributed by atoms with Gasteiger partial charge in [0.15, 0.2) is 23.3 Å². The van der Waals surface area contributed by atoms with Crippen LogP contribution in [0.25, 0.3) is 11.1 Å². The van der Waals surface area contributed by atoms with E-state index in [1.54, 1.807) is 0 Å². The maximum Gasteiger partial charge on any atom is 0.198 e. The van der Waals surface area contributed by atoms with E-state index in [1.807, 2.05) is 0 Å². The van der Waals surface area contributed by atoms with Crippen molar-refractivity contribution < 1.29 is 17.6 Å². The molecule has 4 heteroatoms. The predicted molar refractivity (Wildman–Crippen MR) is 50.5 cm³/mol. The fourth-order valence-corrected chi connectivity index (χ4v) is 1.35. The van der Waals surface area contributed by atoms with Crippen molar-refractivity contribution in [3.8, 4) is 11.1 Å². The topological polar surface area (TPSA) is 0 Å². The van der Waals surface area contributed by atoms with Gasteiger partial charge < -0.3 is 0 Å². The summed E-state index contributed by atoms with van der Waals surface area (Å²) in [5.41, 5.74) is -0.0561. The van der Waals surface area contributed by atoms with Gasteiger partial charge in [-0.3, -0.25) is 0 Å². The SMILES string of the molecule is Fc1cc(-c2cc[c]cc2)c(F)c(F)c1F. The van der Waals surface area contributed by atoms with E-state index in [-0.39, 0.29) is 11.1 Å². The quantitative estimate of drug-likeness (QED) is 0.394. The zero-order valence-electron chi connectivity index (χ0n) is 7.90. The molecule has 81 valence electrons. The molecule has 2 aromatic carbocycles. The fourth-order valence-electron chi connectivity index (χ4n) is 1.35. The molecule has 0 aliphatic heterocycles. The molecule has 2 aromatic rings. The lowest BCUT2D eigenvalue weighted by molar-refractivity contribution is 0.411. The maximum atomic E-state index is 13.3. The Bertz CT molecular complexity index is 520. The average molecular weight is 225 g/mol. The van der Waals surface area contributed by atoms with Crippen LogP contribution in [0.1, 0.15) is 0 Å². The fraction of sp³-hybridized carbons (Fsp3) is 0. The summed E-state index contributed by atoms with van der Waals surface area (Å²) in [6.07, 6.45) is 0. The first-order chi connectivity index (χ1) is 7.61. The van der Waals surface area contributed by atoms with Gasteiger partial charge in [0.05, 0.1) is 0 Å². The maximum absolute atomic E-state index is 13.3. The first kappa shape index (κ1) is 10.7. The van der Waals surface area contributed by atoms with E-state index in [0.29, 0.717) is 6.07 Å². The first-order valence-electron chi connectivity index (χ1n) is 4.40. The second kappa shape index (κ2) is 3.96. The van der Waals surface area contributed by atoms with Gasteiger partial charge in [-0.25, -0.2) is 17.6 Å². The predicted octanol–water partition coefficient (Wildman–Crippen LogP) is 3.71. The van der Waals surface area contributed by atoms with Crippen LogP contribution in [0.4, 0.5) is 17.6 Å². The molecule has 0 fully saturated rings. The number of hydrogen-bond donors (Lipinski definition) is 0. The van der Waals surface area contributed by atoms with Crippen molar-refractivity contribution in [2.24, 2.45) is 0 Å². The molecule has 16 heavy (non-hydrogen) atoms. The van der Waals surface area contributed by atoms with Crippen molar-refractivity contribution in [2.75, 3.05) is 0 Å². The van der Waals surface area contributed by atoms with Crippen molar-refractivity contribution in [3.63, 3.8) is 0 Å². The Hall–Kier alpha value is -1.84. The van der Waals surface area contributed by atoms with E-state index in [2.05, 4.69) is 6.07 Å². The first-order valence-corrected chi connectivity index (χ1v) is 4.40. The molecule has 0 aromatic heterocycles. The van der Waals surface area contributed by atoms with Gasteiger partial charge in [0.25, 0.3) is 0 Å². The second-order valence-corrected chi connectivity index (χ2v) is 3.14. The Morgan fingerprint density at radius 2 is 1.44 bits per heavy atom. The lowest BCUT2D eigenvalue weighted by Gasteiger charge is -2.05. The highest BCUT2D eigenvalue weighted by molar-refractivity contribution is 5.64. The van der Waals surface area contributed by atoms with E-state index in [4.69, 9.17) is 0 Å². The lowest BCUT2D eigenvalue weighted by Crippen LogP contribution is -1.98. The highest BCUT2D eigenvalue weighted by Gasteiger charge is 2.19. The van der Waals surface area contributed by atoms with Gasteiger partial charge in [-0.1, -0.05) is 24.3 Å². The number of rotatable bonds is 1. The van der Waals surface area contributed by atoms with Gasteiger partial charge in [0, 0.05) is 5.56 Å². The summed E-state index contributed by atoms with van der Waals surface area (Å²) >= 11 is 0. The molecular weight excluding hydrogens is 220 g/mol. The van der Waals surface area contributed by atoms with Crippen LogP contribution >= 0.6 is 0 Å². The molecule has 0 saturated carbocycles. The number of benzene rings is 2. The highest BCUT2D eigenvalue weighted by atomic mass is 19.2. The minimum atomic E-state index is -1.80. The number of halogens is 4. The smallest absolute Gasteiger partial charge is 0.198 e. The van der Waals surface area contributed by atoms with E-state index in [1.165, 1.54) is 24.3 Å². The van der Waals surface area contributed by atoms with Gasteiger partial charge in [0.2, 0.25) is 0 Å². The normalized spacial score (nSPS) is 10.5. The largest absolute Gasteiger partial charge is 0.204 e. The summed E-state index contributed by atoms with van der Waals surface area (Å²) in [5.74, 6) is -6.42. The third-order valence-electron chi connectivity index (χ3n) is 2.13. The van der Waals surface area contributed by atoms with Crippen LogP contribution in [0.5, 0.6) is 0 Å². The minimum absolute atomic E-state index is 0.258. The summed E-state index contributed by atoms with van der Waals surface area (Å²) in [4.78, 5) is 0. The minimum Gasteiger partial charge on any atom is -0.204 e. The zero-order valence-corrected chi connectivity index (χ0v) is 7.90. The zero-order chi connectivity index (χ0) is 11.7. The molecule has 0 atom stereocenters. The molecule has 0 aliphatic rings. The molecular formula is C12H5F4. The van der Waals surface area contributed by atoms with Crippen molar-refractivity contribution in [1.82, 2.24) is 0 Å². The summed E-state index contributed by atoms with van der Waals surface area (Å²) in [5, 5.41) is 0. The summed E-state index contributed by atoms with van der Waals surface area (Å²) < 4.78 is 51.9. The standard InChI is InChI=1S/C12H5F4/c13-9-6-8(7-4-2-1-3-5-7)10(14)12(16)11(9)15/h2-6H. The second-order valence-electron chi connectivity index (χ2n) is 3.14. The molecule has 0 bridgehead atoms. The van der Waals surface area contributed by atoms with Crippen LogP contribution in [0, 0.1) is 29.3 Å². The van der Waals surface area contributed by atoms with Crippen molar-refractivity contribution in [1.29, 1.82) is 0 Å². The summed E-state index contributed by atoms with van der Waals surface area (Å²) in [7, 11) is 0. The average Bonchev–Trinajstić information content (AvgIpc) is 2.32. The van der Waals surface area contributed by atoms with Gasteiger partial charge in [-0.15, -0.1) is 0 Å². The Morgan fingerprint density at radius 3 is 2.06 bits per heavy atom. The van der Waals surface area contributed by atoms with Gasteiger partial charge in [0.1, 0.15) is 0 Å². The van der Waals surface area contributed by atoms with Crippen LogP contribution in [-0.2, 0) is 0 Å². The molecule has 0 nitrogen and oxygen atoms in total. The van der Waals surface area contributed by atoms with Gasteiger partial charge in [-0.05, 0) is 17.7 Å². The molecule has 0 amide bonds. The van der Waals surface area contributed by atoms with Crippen LogP contribution in [-0.4, -0.2) is 0 Å². The van der Waals surface area contributed by atoms with E-state index in [9.17, 15) is 17.6 Å². The summed E-state index contributed by atoms with van der Waals surface area (Å²) in [6, 6.07) is 9.09. The van der Waals surface area contributed by atoms with Crippen LogP contribution in [0.2, 0.25) is 0 Å². The molecule has 1 radical (unpaired) electrons. The van der Waals surface area contributed by atoms with E-state index < -0.39 is 23.3 Å². The van der Waals surface area contributed by atoms with Crippen LogP contribution < -0.4 is 0 Å². The Balaban J connectivity index is 2.68. The molecule has 0 aliphatic carbocycles. The summed E-state index contributed by atoms with van der Waals surface area (Å²) in [6.45, 7) is 0. The monoisotopic (exact) mass is 225 g/mol. The highest BCUT2D eigenvalue weighted by Crippen LogP contribution is 2.27. The Labute approximate surface area is 89.2 Å². The van der Waals surface area contributed by atoms with Crippen molar-refractivity contribution >= 4 is 0 Å². The molecule has 0 N–H and O–H groups in total. The van der Waals surface area contributed by atoms with Gasteiger partial charge >= 0.3 is 0 Å². The third kappa shape index (κ3) is 1.66. The van der Waals surface area contributed by atoms with Crippen LogP contribution in [0.15, 0.2) is 30.3 Å². The van der Waals surface area contributed by atoms with Gasteiger partial charge in [-0.2, -0.15) is 0 Å². The Kier molecular flexibility index (Phi) is 2.64. The van der Waals surface area contributed by atoms with Crippen molar-refractivity contribution in [2.45, 2.75) is 0 Å². The van der Waals surface area contributed by atoms with Crippen molar-refractivity contribution in [3.05, 3.63) is 59.7 Å². The third-order valence-corrected chi connectivity index (χ3v) is 2.13. The molecule has 0 spiro atoms. The molecule has 0 saturated heterocycles. The molecule has 0 unspecified atom stereocenters. The Morgan fingerprint density at radius 1 is 0.812 bits per heavy atom. The molecule has 2 rings (SSSR count).